The van der Waals surface area contributed by atoms with Crippen LogP contribution in [-0.4, -0.2) is 126 Å². The molecule has 15 nitrogen and oxygen atoms in total. The van der Waals surface area contributed by atoms with Gasteiger partial charge in [-0.3, -0.25) is 0 Å². The van der Waals surface area contributed by atoms with Crippen LogP contribution in [-0.2, 0) is 18.9 Å². The number of fused-ring (bicyclic) bond motifs is 1. The van der Waals surface area contributed by atoms with E-state index in [0.717, 1.165) is 6.07 Å². The fraction of sp³-hybridized carbons (Fsp3) is 0.481. The molecule has 3 aliphatic heterocycles. The monoisotopic (exact) mass is 597 g/mol. The summed E-state index contributed by atoms with van der Waals surface area (Å²) in [5.41, 5.74) is 0.598. The van der Waals surface area contributed by atoms with Crippen molar-refractivity contribution in [1.82, 2.24) is 0 Å². The van der Waals surface area contributed by atoms with E-state index in [-0.39, 0.29) is 40.1 Å². The third-order valence-electron chi connectivity index (χ3n) is 7.29. The highest BCUT2D eigenvalue weighted by molar-refractivity contribution is 5.69. The highest BCUT2D eigenvalue weighted by atomic mass is 16.8. The van der Waals surface area contributed by atoms with Gasteiger partial charge in [-0.2, -0.15) is 0 Å². The summed E-state index contributed by atoms with van der Waals surface area (Å²) in [6, 6.07) is 6.79. The number of aromatic hydroxyl groups is 4. The SMILES string of the molecule is COc1cc(C2[OH+]c3cc(O)cc(O)c3C=C2OC2OC(CO)C(O)C(O)C2OC2OCC(O)C(O)C2O)ccc1O. The molecule has 0 amide bonds. The molecule has 15 heteroatoms. The zero-order chi connectivity index (χ0) is 30.3. The summed E-state index contributed by atoms with van der Waals surface area (Å²) in [5.74, 6) is -0.404. The van der Waals surface area contributed by atoms with Gasteiger partial charge in [0.05, 0.1) is 32.0 Å². The van der Waals surface area contributed by atoms with Gasteiger partial charge < -0.3 is 74.4 Å². The zero-order valence-electron chi connectivity index (χ0n) is 22.2. The maximum absolute atomic E-state index is 10.9. The smallest absolute Gasteiger partial charge is 0.270 e. The molecule has 0 radical (unpaired) electrons. The Balaban J connectivity index is 1.52. The van der Waals surface area contributed by atoms with Crippen molar-refractivity contribution in [3.05, 3.63) is 47.2 Å². The minimum Gasteiger partial charge on any atom is -0.571 e. The van der Waals surface area contributed by atoms with Gasteiger partial charge in [-0.05, 0) is 18.2 Å². The number of ether oxygens (including phenoxy) is 6. The van der Waals surface area contributed by atoms with Crippen LogP contribution in [0.5, 0.6) is 28.7 Å². The van der Waals surface area contributed by atoms with Crippen LogP contribution in [0, 0.1) is 0 Å². The van der Waals surface area contributed by atoms with Gasteiger partial charge in [0.1, 0.15) is 53.7 Å². The third-order valence-corrected chi connectivity index (χ3v) is 7.29. The molecule has 10 N–H and O–H groups in total. The van der Waals surface area contributed by atoms with Gasteiger partial charge in [0.2, 0.25) is 6.29 Å². The average molecular weight is 598 g/mol. The van der Waals surface area contributed by atoms with Gasteiger partial charge in [0, 0.05) is 12.1 Å². The number of aliphatic hydroxyl groups is 7. The largest absolute Gasteiger partial charge is 0.571 e. The van der Waals surface area contributed by atoms with E-state index in [9.17, 15) is 46.0 Å². The molecule has 2 fully saturated rings. The number of hydrogen-bond acceptors (Lipinski definition) is 14. The number of methoxy groups -OCH3 is 1. The summed E-state index contributed by atoms with van der Waals surface area (Å²) in [4.78, 5) is 0. The van der Waals surface area contributed by atoms with Crippen LogP contribution in [0.1, 0.15) is 17.2 Å². The van der Waals surface area contributed by atoms with E-state index in [0.29, 0.717) is 5.56 Å². The molecular weight excluding hydrogens is 564 g/mol. The van der Waals surface area contributed by atoms with Crippen LogP contribution in [0.3, 0.4) is 0 Å². The van der Waals surface area contributed by atoms with Crippen LogP contribution < -0.4 is 4.74 Å². The maximum Gasteiger partial charge on any atom is 0.270 e. The van der Waals surface area contributed by atoms with Crippen LogP contribution in [0.4, 0.5) is 0 Å². The average Bonchev–Trinajstić information content (AvgIpc) is 2.97. The van der Waals surface area contributed by atoms with Gasteiger partial charge in [0.25, 0.3) is 11.9 Å². The number of hydrogen-bond donors (Lipinski definition) is 9. The molecule has 0 spiro atoms. The van der Waals surface area contributed by atoms with Crippen LogP contribution in [0.25, 0.3) is 6.08 Å². The highest BCUT2D eigenvalue weighted by Gasteiger charge is 2.51. The molecule has 10 atom stereocenters. The molecule has 0 bridgehead atoms. The van der Waals surface area contributed by atoms with E-state index >= 15 is 0 Å². The van der Waals surface area contributed by atoms with Gasteiger partial charge in [-0.25, -0.2) is 0 Å². The summed E-state index contributed by atoms with van der Waals surface area (Å²) >= 11 is 0. The predicted octanol–water partition coefficient (Wildman–Crippen LogP) is -1.57. The Morgan fingerprint density at radius 2 is 1.67 bits per heavy atom. The second-order valence-corrected chi connectivity index (χ2v) is 10.1. The van der Waals surface area contributed by atoms with Crippen molar-refractivity contribution in [1.29, 1.82) is 0 Å². The predicted molar refractivity (Wildman–Crippen MR) is 138 cm³/mol. The first-order valence-electron chi connectivity index (χ1n) is 13.0. The van der Waals surface area contributed by atoms with Gasteiger partial charge in [-0.1, -0.05) is 0 Å². The fourth-order valence-electron chi connectivity index (χ4n) is 4.97. The second kappa shape index (κ2) is 12.1. The number of phenols is 3. The first-order chi connectivity index (χ1) is 20.0. The van der Waals surface area contributed by atoms with Gasteiger partial charge in [-0.15, -0.1) is 0 Å². The first kappa shape index (κ1) is 30.1. The van der Waals surface area contributed by atoms with Crippen LogP contribution >= 0.6 is 0 Å². The molecule has 10 unspecified atom stereocenters. The number of rotatable bonds is 7. The van der Waals surface area contributed by atoms with Crippen molar-refractivity contribution in [3.8, 4) is 28.7 Å². The first-order valence-corrected chi connectivity index (χ1v) is 13.0. The summed E-state index contributed by atoms with van der Waals surface area (Å²) < 4.78 is 32.7. The maximum atomic E-state index is 10.9. The Morgan fingerprint density at radius 3 is 2.38 bits per heavy atom. The van der Waals surface area contributed by atoms with Crippen LogP contribution in [0.15, 0.2) is 36.1 Å². The Morgan fingerprint density at radius 1 is 0.905 bits per heavy atom. The van der Waals surface area contributed by atoms with Crippen molar-refractivity contribution in [2.24, 2.45) is 0 Å². The number of benzene rings is 2. The lowest BCUT2D eigenvalue weighted by Gasteiger charge is -2.45. The van der Waals surface area contributed by atoms with E-state index in [1.165, 1.54) is 37.5 Å². The molecule has 0 saturated carbocycles. The molecule has 2 saturated heterocycles. The molecule has 0 aliphatic carbocycles. The zero-order valence-corrected chi connectivity index (χ0v) is 22.2. The summed E-state index contributed by atoms with van der Waals surface area (Å²) in [6.07, 6.45) is -13.9. The molecule has 2 aromatic carbocycles. The molecular formula is C27H33O15+. The molecule has 42 heavy (non-hydrogen) atoms. The summed E-state index contributed by atoms with van der Waals surface area (Å²) in [5, 5.41) is 92.1. The highest BCUT2D eigenvalue weighted by Crippen LogP contribution is 2.46. The quantitative estimate of drug-likeness (QED) is 0.164. The minimum absolute atomic E-state index is 0.00989. The Hall–Kier alpha value is -3.38. The summed E-state index contributed by atoms with van der Waals surface area (Å²) in [6.45, 7) is -1.12. The van der Waals surface area contributed by atoms with Gasteiger partial charge >= 0.3 is 0 Å². The lowest BCUT2D eigenvalue weighted by Crippen LogP contribution is -2.63. The van der Waals surface area contributed by atoms with Crippen molar-refractivity contribution < 1.29 is 74.4 Å². The number of aliphatic hydroxyl groups excluding tert-OH is 6. The van der Waals surface area contributed by atoms with Crippen molar-refractivity contribution in [2.75, 3.05) is 20.3 Å². The Kier molecular flexibility index (Phi) is 8.66. The lowest BCUT2D eigenvalue weighted by atomic mass is 9.98. The van der Waals surface area contributed by atoms with Crippen LogP contribution in [0.2, 0.25) is 0 Å². The molecule has 2 aromatic rings. The van der Waals surface area contributed by atoms with E-state index in [1.54, 1.807) is 0 Å². The minimum atomic E-state index is -1.76. The van der Waals surface area contributed by atoms with E-state index in [4.69, 9.17) is 23.7 Å². The fourth-order valence-corrected chi connectivity index (χ4v) is 4.97. The van der Waals surface area contributed by atoms with Crippen molar-refractivity contribution in [2.45, 2.75) is 61.4 Å². The molecule has 0 aromatic heterocycles. The Labute approximate surface area is 238 Å². The summed E-state index contributed by atoms with van der Waals surface area (Å²) in [7, 11) is 1.35. The standard InChI is InChI=1S/C27H32O15/c1-37-17-4-10(2-3-13(17)30)24-18(7-12-14(31)5-11(29)6-16(12)39-24)40-27-25(22(35)21(34)19(8-28)41-27)42-26-23(36)20(33)15(32)9-38-26/h2-7,15,19-36H,8-9H2,1H3/p+1. The van der Waals surface area contributed by atoms with E-state index in [2.05, 4.69) is 4.74 Å². The molecule has 230 valence electrons. The van der Waals surface area contributed by atoms with Crippen molar-refractivity contribution >= 4 is 6.08 Å². The molecule has 3 aliphatic rings. The topological polar surface area (TPSA) is 241 Å². The van der Waals surface area contributed by atoms with E-state index in [1.807, 2.05) is 0 Å². The van der Waals surface area contributed by atoms with E-state index < -0.39 is 74.6 Å². The number of phenolic OH excluding ortho intramolecular Hbond substituents is 3. The second-order valence-electron chi connectivity index (χ2n) is 10.1. The Bertz CT molecular complexity index is 1300. The molecule has 5 rings (SSSR count). The van der Waals surface area contributed by atoms with Crippen molar-refractivity contribution in [3.63, 3.8) is 0 Å². The lowest BCUT2D eigenvalue weighted by molar-refractivity contribution is -0.353. The molecule has 3 heterocycles. The normalized spacial score (nSPS) is 34.6. The van der Waals surface area contributed by atoms with Gasteiger partial charge in [0.15, 0.2) is 29.7 Å². The third kappa shape index (κ3) is 5.66.